The van der Waals surface area contributed by atoms with E-state index in [1.54, 1.807) is 13.8 Å². The lowest BCUT2D eigenvalue weighted by Gasteiger charge is -2.39. The van der Waals surface area contributed by atoms with Crippen LogP contribution in [0.15, 0.2) is 54.6 Å². The lowest BCUT2D eigenvalue weighted by Crippen LogP contribution is -2.56. The van der Waals surface area contributed by atoms with Gasteiger partial charge >= 0.3 is 12.1 Å². The van der Waals surface area contributed by atoms with E-state index in [0.29, 0.717) is 13.0 Å². The molecule has 5 nitrogen and oxygen atoms in total. The Bertz CT molecular complexity index is 768. The molecular weight excluding hydrogens is 318 g/mol. The van der Waals surface area contributed by atoms with E-state index in [-0.39, 0.29) is 0 Å². The van der Waals surface area contributed by atoms with Gasteiger partial charge in [-0.15, -0.1) is 0 Å². The molecule has 0 radical (unpaired) electrons. The van der Waals surface area contributed by atoms with Gasteiger partial charge in [-0.2, -0.15) is 0 Å². The summed E-state index contributed by atoms with van der Waals surface area (Å²) >= 11 is 0. The number of carboxylic acids is 1. The third kappa shape index (κ3) is 3.50. The van der Waals surface area contributed by atoms with Crippen molar-refractivity contribution in [3.8, 4) is 11.1 Å². The van der Waals surface area contributed by atoms with Crippen molar-refractivity contribution in [1.82, 2.24) is 4.90 Å². The summed E-state index contributed by atoms with van der Waals surface area (Å²) in [4.78, 5) is 24.6. The average Bonchev–Trinajstić information content (AvgIpc) is 2.53. The molecule has 1 N–H and O–H groups in total. The number of hydrogen-bond donors (Lipinski definition) is 1. The normalized spacial score (nSPS) is 16.9. The van der Waals surface area contributed by atoms with Crippen LogP contribution in [0.1, 0.15) is 25.8 Å². The van der Waals surface area contributed by atoms with Crippen LogP contribution in [0, 0.1) is 0 Å². The van der Waals surface area contributed by atoms with Crippen molar-refractivity contribution in [1.29, 1.82) is 0 Å². The van der Waals surface area contributed by atoms with Crippen molar-refractivity contribution in [3.05, 3.63) is 60.2 Å². The van der Waals surface area contributed by atoms with Gasteiger partial charge in [0.1, 0.15) is 11.6 Å². The van der Waals surface area contributed by atoms with Crippen LogP contribution in [0.5, 0.6) is 0 Å². The number of hydrogen-bond acceptors (Lipinski definition) is 3. The van der Waals surface area contributed by atoms with Gasteiger partial charge in [-0.3, -0.25) is 4.90 Å². The summed E-state index contributed by atoms with van der Waals surface area (Å²) in [6.07, 6.45) is -0.118. The quantitative estimate of drug-likeness (QED) is 0.918. The third-order valence-electron chi connectivity index (χ3n) is 4.57. The number of carbonyl (C=O) groups excluding carboxylic acids is 1. The van der Waals surface area contributed by atoms with Crippen LogP contribution in [0.3, 0.4) is 0 Å². The summed E-state index contributed by atoms with van der Waals surface area (Å²) in [6.45, 7) is 4.02. The maximum absolute atomic E-state index is 12.3. The monoisotopic (exact) mass is 339 g/mol. The number of aliphatic carboxylic acids is 1. The highest BCUT2D eigenvalue weighted by atomic mass is 16.6. The fraction of sp³-hybridized carbons (Fsp3) is 0.300. The Labute approximate surface area is 146 Å². The molecule has 0 bridgehead atoms. The summed E-state index contributed by atoms with van der Waals surface area (Å²) in [5.74, 6) is -0.992. The Morgan fingerprint density at radius 2 is 1.64 bits per heavy atom. The van der Waals surface area contributed by atoms with Gasteiger partial charge in [-0.25, -0.2) is 9.59 Å². The number of amides is 1. The van der Waals surface area contributed by atoms with Gasteiger partial charge in [0.2, 0.25) is 0 Å². The van der Waals surface area contributed by atoms with Gasteiger partial charge in [0.25, 0.3) is 0 Å². The first-order valence-corrected chi connectivity index (χ1v) is 8.27. The fourth-order valence-electron chi connectivity index (χ4n) is 2.89. The van der Waals surface area contributed by atoms with Crippen LogP contribution in [0.2, 0.25) is 0 Å². The van der Waals surface area contributed by atoms with Crippen LogP contribution in [-0.4, -0.2) is 34.7 Å². The number of nitrogens with zero attached hydrogens (tertiary/aromatic N) is 1. The highest BCUT2D eigenvalue weighted by Gasteiger charge is 2.40. The highest BCUT2D eigenvalue weighted by Crippen LogP contribution is 2.30. The first-order chi connectivity index (χ1) is 11.9. The highest BCUT2D eigenvalue weighted by molar-refractivity contribution is 5.82. The number of likely N-dealkylation sites (tertiary alicyclic amines) is 1. The molecule has 1 aliphatic heterocycles. The van der Waals surface area contributed by atoms with Crippen LogP contribution < -0.4 is 0 Å². The van der Waals surface area contributed by atoms with E-state index < -0.39 is 23.7 Å². The SMILES string of the molecule is CC(C)(OC(=O)N1CCC1C(=O)O)c1ccc(-c2ccccc2)cc1. The molecule has 130 valence electrons. The predicted octanol–water partition coefficient (Wildman–Crippen LogP) is 3.88. The summed E-state index contributed by atoms with van der Waals surface area (Å²) in [7, 11) is 0. The number of benzene rings is 2. The summed E-state index contributed by atoms with van der Waals surface area (Å²) in [6, 6.07) is 17.1. The van der Waals surface area contributed by atoms with Gasteiger partial charge in [0.05, 0.1) is 0 Å². The maximum Gasteiger partial charge on any atom is 0.411 e. The number of carbonyl (C=O) groups is 2. The maximum atomic E-state index is 12.3. The first-order valence-electron chi connectivity index (χ1n) is 8.27. The van der Waals surface area contributed by atoms with Crippen molar-refractivity contribution in [3.63, 3.8) is 0 Å². The topological polar surface area (TPSA) is 66.8 Å². The zero-order chi connectivity index (χ0) is 18.0. The molecule has 0 aliphatic carbocycles. The second kappa shape index (κ2) is 6.59. The molecule has 1 saturated heterocycles. The molecule has 1 heterocycles. The molecule has 1 fully saturated rings. The van der Waals surface area contributed by atoms with Gasteiger partial charge < -0.3 is 9.84 Å². The predicted molar refractivity (Wildman–Crippen MR) is 94.1 cm³/mol. The standard InChI is InChI=1S/C20H21NO4/c1-20(2,25-19(24)21-13-12-17(21)18(22)23)16-10-8-15(9-11-16)14-6-4-3-5-7-14/h3-11,17H,12-13H2,1-2H3,(H,22,23). The second-order valence-corrected chi connectivity index (χ2v) is 6.66. The molecule has 1 atom stereocenters. The van der Waals surface area contributed by atoms with Crippen LogP contribution in [-0.2, 0) is 15.1 Å². The van der Waals surface area contributed by atoms with Gasteiger partial charge in [0, 0.05) is 6.54 Å². The summed E-state index contributed by atoms with van der Waals surface area (Å²) in [5.41, 5.74) is 2.21. The summed E-state index contributed by atoms with van der Waals surface area (Å²) in [5, 5.41) is 9.06. The molecule has 0 saturated carbocycles. The van der Waals surface area contributed by atoms with Gasteiger partial charge in [-0.1, -0.05) is 54.6 Å². The first kappa shape index (κ1) is 17.0. The molecule has 5 heteroatoms. The van der Waals surface area contributed by atoms with E-state index in [2.05, 4.69) is 0 Å². The minimum atomic E-state index is -0.992. The molecule has 25 heavy (non-hydrogen) atoms. The Morgan fingerprint density at radius 1 is 1.04 bits per heavy atom. The molecule has 2 aromatic rings. The van der Waals surface area contributed by atoms with E-state index in [0.717, 1.165) is 16.7 Å². The van der Waals surface area contributed by atoms with E-state index in [9.17, 15) is 9.59 Å². The lowest BCUT2D eigenvalue weighted by atomic mass is 9.95. The van der Waals surface area contributed by atoms with Crippen molar-refractivity contribution in [2.75, 3.05) is 6.54 Å². The van der Waals surface area contributed by atoms with Crippen molar-refractivity contribution < 1.29 is 19.4 Å². The summed E-state index contributed by atoms with van der Waals surface area (Å²) < 4.78 is 5.58. The number of carboxylic acid groups (broad SMARTS) is 1. The Morgan fingerprint density at radius 3 is 2.16 bits per heavy atom. The van der Waals surface area contributed by atoms with E-state index in [4.69, 9.17) is 9.84 Å². The number of rotatable bonds is 4. The lowest BCUT2D eigenvalue weighted by molar-refractivity contribution is -0.147. The minimum Gasteiger partial charge on any atom is -0.480 e. The Hall–Kier alpha value is -2.82. The Balaban J connectivity index is 1.72. The zero-order valence-electron chi connectivity index (χ0n) is 14.3. The van der Waals surface area contributed by atoms with Gasteiger partial charge in [-0.05, 0) is 37.0 Å². The molecule has 2 aromatic carbocycles. The molecule has 0 aromatic heterocycles. The smallest absolute Gasteiger partial charge is 0.411 e. The van der Waals surface area contributed by atoms with E-state index in [1.165, 1.54) is 4.90 Å². The largest absolute Gasteiger partial charge is 0.480 e. The van der Waals surface area contributed by atoms with Crippen LogP contribution >= 0.6 is 0 Å². The Kier molecular flexibility index (Phi) is 4.49. The second-order valence-electron chi connectivity index (χ2n) is 6.66. The zero-order valence-corrected chi connectivity index (χ0v) is 14.3. The fourth-order valence-corrected chi connectivity index (χ4v) is 2.89. The van der Waals surface area contributed by atoms with Crippen LogP contribution in [0.25, 0.3) is 11.1 Å². The van der Waals surface area contributed by atoms with Crippen molar-refractivity contribution in [2.24, 2.45) is 0 Å². The number of ether oxygens (including phenoxy) is 1. The van der Waals surface area contributed by atoms with Crippen LogP contribution in [0.4, 0.5) is 4.79 Å². The molecule has 1 aliphatic rings. The molecule has 1 amide bonds. The third-order valence-corrected chi connectivity index (χ3v) is 4.57. The van der Waals surface area contributed by atoms with Crippen molar-refractivity contribution >= 4 is 12.1 Å². The molecule has 1 unspecified atom stereocenters. The van der Waals surface area contributed by atoms with E-state index in [1.807, 2.05) is 54.6 Å². The van der Waals surface area contributed by atoms with E-state index >= 15 is 0 Å². The average molecular weight is 339 g/mol. The molecule has 0 spiro atoms. The van der Waals surface area contributed by atoms with Crippen molar-refractivity contribution in [2.45, 2.75) is 31.9 Å². The molecular formula is C20H21NO4. The molecule has 3 rings (SSSR count). The van der Waals surface area contributed by atoms with Gasteiger partial charge in [0.15, 0.2) is 0 Å². The minimum absolute atomic E-state index is 0.416.